The number of carbonyl (C=O) groups excluding carboxylic acids is 3. The van der Waals surface area contributed by atoms with Gasteiger partial charge in [0.25, 0.3) is 0 Å². The van der Waals surface area contributed by atoms with Crippen LogP contribution in [0.15, 0.2) is 84.9 Å². The average molecular weight is 599 g/mol. The normalized spacial score (nSPS) is 10.6. The summed E-state index contributed by atoms with van der Waals surface area (Å²) in [6.07, 6.45) is -1.13. The lowest BCUT2D eigenvalue weighted by molar-refractivity contribution is -0.140. The summed E-state index contributed by atoms with van der Waals surface area (Å²) < 4.78 is 16.0. The van der Waals surface area contributed by atoms with Crippen LogP contribution in [0.25, 0.3) is 22.4 Å². The van der Waals surface area contributed by atoms with Crippen LogP contribution in [0, 0.1) is 5.82 Å². The van der Waals surface area contributed by atoms with Gasteiger partial charge in [-0.1, -0.05) is 76.2 Å². The van der Waals surface area contributed by atoms with E-state index in [4.69, 9.17) is 5.11 Å². The van der Waals surface area contributed by atoms with Crippen molar-refractivity contribution in [3.05, 3.63) is 102 Å². The number of anilines is 1. The minimum Gasteiger partial charge on any atom is -0.481 e. The van der Waals surface area contributed by atoms with Crippen molar-refractivity contribution < 1.29 is 28.7 Å². The summed E-state index contributed by atoms with van der Waals surface area (Å²) in [6.45, 7) is 8.21. The predicted octanol–water partition coefficient (Wildman–Crippen LogP) is 7.69. The predicted molar refractivity (Wildman–Crippen MR) is 171 cm³/mol. The highest BCUT2D eigenvalue weighted by atomic mass is 19.1. The fourth-order valence-corrected chi connectivity index (χ4v) is 5.25. The van der Waals surface area contributed by atoms with Gasteiger partial charge in [-0.3, -0.25) is 19.2 Å². The number of para-hydroxylation sites is 1. The fourth-order valence-electron chi connectivity index (χ4n) is 5.25. The lowest BCUT2D eigenvalue weighted by atomic mass is 9.93. The van der Waals surface area contributed by atoms with Gasteiger partial charge in [-0.25, -0.2) is 4.39 Å². The molecule has 0 spiro atoms. The van der Waals surface area contributed by atoms with Gasteiger partial charge in [-0.05, 0) is 59.0 Å². The number of nitrogens with zero attached hydrogens (tertiary/aromatic N) is 1. The molecule has 0 bridgehead atoms. The van der Waals surface area contributed by atoms with E-state index >= 15 is 0 Å². The quantitative estimate of drug-likeness (QED) is 0.154. The first-order valence-electron chi connectivity index (χ1n) is 14.8. The average Bonchev–Trinajstić information content (AvgIpc) is 3.31. The Labute approximate surface area is 257 Å². The Balaban J connectivity index is 0.00000259. The first-order valence-corrected chi connectivity index (χ1v) is 14.8. The third kappa shape index (κ3) is 8.83. The molecule has 0 aliphatic rings. The van der Waals surface area contributed by atoms with Crippen LogP contribution in [-0.2, 0) is 32.1 Å². The molecule has 0 radical (unpaired) electrons. The van der Waals surface area contributed by atoms with Crippen molar-refractivity contribution >= 4 is 29.1 Å². The molecule has 4 aromatic rings. The van der Waals surface area contributed by atoms with Crippen LogP contribution in [0.1, 0.15) is 64.1 Å². The Morgan fingerprint density at radius 1 is 0.795 bits per heavy atom. The first kappa shape index (κ1) is 33.6. The van der Waals surface area contributed by atoms with Gasteiger partial charge in [0.05, 0.1) is 18.5 Å². The lowest BCUT2D eigenvalue weighted by Gasteiger charge is -2.17. The van der Waals surface area contributed by atoms with E-state index in [0.29, 0.717) is 11.3 Å². The van der Waals surface area contributed by atoms with Gasteiger partial charge in [-0.2, -0.15) is 0 Å². The summed E-state index contributed by atoms with van der Waals surface area (Å²) in [6, 6.07) is 24.9. The second kappa shape index (κ2) is 16.1. The second-order valence-electron chi connectivity index (χ2n) is 10.4. The topological polar surface area (TPSA) is 105 Å². The van der Waals surface area contributed by atoms with E-state index in [2.05, 4.69) is 5.32 Å². The Kier molecular flexibility index (Phi) is 12.3. The van der Waals surface area contributed by atoms with E-state index in [1.807, 2.05) is 92.9 Å². The molecule has 0 saturated carbocycles. The Morgan fingerprint density at radius 2 is 1.39 bits per heavy atom. The van der Waals surface area contributed by atoms with E-state index in [1.165, 1.54) is 12.1 Å². The van der Waals surface area contributed by atoms with Crippen LogP contribution in [-0.4, -0.2) is 33.1 Å². The van der Waals surface area contributed by atoms with Gasteiger partial charge >= 0.3 is 5.97 Å². The second-order valence-corrected chi connectivity index (χ2v) is 10.4. The number of Topliss-reactive ketones (excluding diaryl/α,β-unsaturated/α-hetero) is 2. The van der Waals surface area contributed by atoms with Gasteiger partial charge in [0.15, 0.2) is 5.78 Å². The molecular weight excluding hydrogens is 559 g/mol. The molecule has 1 heterocycles. The highest BCUT2D eigenvalue weighted by Crippen LogP contribution is 2.42. The zero-order chi connectivity index (χ0) is 32.2. The van der Waals surface area contributed by atoms with Crippen LogP contribution in [0.2, 0.25) is 0 Å². The number of carboxylic acid groups (broad SMARTS) is 1. The van der Waals surface area contributed by atoms with Crippen molar-refractivity contribution in [1.82, 2.24) is 4.57 Å². The van der Waals surface area contributed by atoms with Crippen molar-refractivity contribution in [2.75, 3.05) is 5.32 Å². The smallest absolute Gasteiger partial charge is 0.310 e. The molecule has 4 rings (SSSR count). The summed E-state index contributed by atoms with van der Waals surface area (Å²) in [5.41, 5.74) is 5.42. The molecular formula is C36H39FN2O5. The zero-order valence-corrected chi connectivity index (χ0v) is 25.6. The Hall–Kier alpha value is -4.85. The summed E-state index contributed by atoms with van der Waals surface area (Å²) in [5.74, 6) is -2.96. The molecule has 0 unspecified atom stereocenters. The van der Waals surface area contributed by atoms with Crippen molar-refractivity contribution in [1.29, 1.82) is 0 Å². The van der Waals surface area contributed by atoms with Crippen molar-refractivity contribution in [2.45, 2.75) is 65.8 Å². The number of aliphatic carboxylic acids is 1. The number of halogens is 1. The molecule has 3 aromatic carbocycles. The maximum atomic E-state index is 14.0. The molecule has 7 nitrogen and oxygen atoms in total. The highest BCUT2D eigenvalue weighted by Gasteiger charge is 2.28. The van der Waals surface area contributed by atoms with Crippen LogP contribution in [0.5, 0.6) is 0 Å². The van der Waals surface area contributed by atoms with Crippen molar-refractivity contribution in [2.24, 2.45) is 0 Å². The molecule has 1 aromatic heterocycles. The number of carbonyl (C=O) groups is 4. The third-order valence-corrected chi connectivity index (χ3v) is 6.89. The van der Waals surface area contributed by atoms with E-state index in [1.54, 1.807) is 12.1 Å². The van der Waals surface area contributed by atoms with Gasteiger partial charge in [0.2, 0.25) is 5.91 Å². The van der Waals surface area contributed by atoms with E-state index < -0.39 is 30.4 Å². The number of aromatic nitrogens is 1. The number of carboxylic acids is 1. The van der Waals surface area contributed by atoms with Crippen molar-refractivity contribution in [3.8, 4) is 22.4 Å². The van der Waals surface area contributed by atoms with Gasteiger partial charge in [-0.15, -0.1) is 0 Å². The highest BCUT2D eigenvalue weighted by molar-refractivity contribution is 6.05. The number of ketones is 2. The van der Waals surface area contributed by atoms with E-state index in [9.17, 15) is 23.6 Å². The van der Waals surface area contributed by atoms with Gasteiger partial charge in [0.1, 0.15) is 18.0 Å². The van der Waals surface area contributed by atoms with Gasteiger partial charge < -0.3 is 15.0 Å². The lowest BCUT2D eigenvalue weighted by Crippen LogP contribution is -2.17. The molecule has 44 heavy (non-hydrogen) atoms. The maximum absolute atomic E-state index is 14.0. The third-order valence-electron chi connectivity index (χ3n) is 6.89. The summed E-state index contributed by atoms with van der Waals surface area (Å²) in [7, 11) is 0. The molecule has 1 amide bonds. The van der Waals surface area contributed by atoms with Crippen LogP contribution >= 0.6 is 0 Å². The first-order chi connectivity index (χ1) is 21.1. The Morgan fingerprint density at radius 3 is 1.95 bits per heavy atom. The largest absolute Gasteiger partial charge is 0.481 e. The molecule has 8 heteroatoms. The van der Waals surface area contributed by atoms with Gasteiger partial charge in [0, 0.05) is 29.9 Å². The number of hydrogen-bond acceptors (Lipinski definition) is 4. The van der Waals surface area contributed by atoms with E-state index in [-0.39, 0.29) is 37.0 Å². The molecule has 230 valence electrons. The minimum atomic E-state index is -1.27. The number of nitrogens with one attached hydrogen (secondary N) is 1. The molecule has 0 fully saturated rings. The molecule has 0 aliphatic carbocycles. The monoisotopic (exact) mass is 598 g/mol. The number of hydrogen-bond donors (Lipinski definition) is 2. The maximum Gasteiger partial charge on any atom is 0.310 e. The summed E-state index contributed by atoms with van der Waals surface area (Å²) >= 11 is 0. The molecule has 0 saturated heterocycles. The molecule has 2 N–H and O–H groups in total. The van der Waals surface area contributed by atoms with E-state index in [0.717, 1.165) is 28.1 Å². The zero-order valence-electron chi connectivity index (χ0n) is 25.6. The van der Waals surface area contributed by atoms with Crippen LogP contribution in [0.4, 0.5) is 10.1 Å². The Bertz CT molecular complexity index is 1580. The standard InChI is InChI=1S/C34H33FN2O5.C2H6/c1-22(2)33-29(21-30(40)36-26-11-7-4-8-12-26)32(23-9-5-3-6-10-23)34(24-13-15-25(35)16-14-24)37(33)18-17-27(38)19-28(39)20-31(41)42;1-2/h3-16,22H,17-21H2,1-2H3,(H,36,40)(H,41,42);1-2H3. The van der Waals surface area contributed by atoms with Crippen LogP contribution < -0.4 is 5.32 Å². The molecule has 0 aliphatic heterocycles. The molecule has 0 atom stereocenters. The van der Waals surface area contributed by atoms with Crippen molar-refractivity contribution in [3.63, 3.8) is 0 Å². The summed E-state index contributed by atoms with van der Waals surface area (Å²) in [5, 5.41) is 11.9. The van der Waals surface area contributed by atoms with Crippen LogP contribution in [0.3, 0.4) is 0 Å². The number of benzene rings is 3. The summed E-state index contributed by atoms with van der Waals surface area (Å²) in [4.78, 5) is 49.1. The SMILES string of the molecule is CC.CC(C)c1c(CC(=O)Nc2ccccc2)c(-c2ccccc2)c(-c2ccc(F)cc2)n1CCC(=O)CC(=O)CC(=O)O. The number of amides is 1. The fraction of sp³-hybridized carbons (Fsp3) is 0.278. The number of rotatable bonds is 13. The minimum absolute atomic E-state index is 0.0160.